The summed E-state index contributed by atoms with van der Waals surface area (Å²) in [5, 5.41) is 11.9. The Morgan fingerprint density at radius 2 is 1.89 bits per heavy atom. The van der Waals surface area contributed by atoms with Gasteiger partial charge in [0.25, 0.3) is 0 Å². The highest BCUT2D eigenvalue weighted by Crippen LogP contribution is 2.28. The van der Waals surface area contributed by atoms with Gasteiger partial charge in [0, 0.05) is 25.7 Å². The van der Waals surface area contributed by atoms with Crippen molar-refractivity contribution in [3.05, 3.63) is 0 Å². The number of aliphatic carboxylic acids is 1. The van der Waals surface area contributed by atoms with Gasteiger partial charge in [-0.25, -0.2) is 4.79 Å². The molecule has 1 heterocycles. The first-order valence-electron chi connectivity index (χ1n) is 7.07. The molecule has 4 N–H and O–H groups in total. The maximum Gasteiger partial charge on any atom is 0.317 e. The Balaban J connectivity index is 1.66. The lowest BCUT2D eigenvalue weighted by Crippen LogP contribution is -2.42. The number of carboxylic acid groups (broad SMARTS) is 1. The van der Waals surface area contributed by atoms with Crippen molar-refractivity contribution in [2.75, 3.05) is 19.6 Å². The van der Waals surface area contributed by atoms with E-state index < -0.39 is 5.97 Å². The minimum atomic E-state index is -0.687. The van der Waals surface area contributed by atoms with Crippen LogP contribution in [0.2, 0.25) is 0 Å². The summed E-state index contributed by atoms with van der Waals surface area (Å²) in [7, 11) is 0. The average Bonchev–Trinajstić information content (AvgIpc) is 2.83. The van der Waals surface area contributed by atoms with Crippen LogP contribution in [0.1, 0.15) is 32.1 Å². The molecule has 0 bridgehead atoms. The van der Waals surface area contributed by atoms with Gasteiger partial charge in [-0.2, -0.15) is 0 Å². The molecule has 0 spiro atoms. The molecule has 2 amide bonds. The van der Waals surface area contributed by atoms with Crippen molar-refractivity contribution >= 4 is 12.0 Å². The third-order valence-corrected chi connectivity index (χ3v) is 4.25. The Labute approximate surface area is 113 Å². The highest BCUT2D eigenvalue weighted by molar-refractivity contribution is 5.74. The fourth-order valence-corrected chi connectivity index (χ4v) is 2.93. The van der Waals surface area contributed by atoms with Crippen molar-refractivity contribution in [3.8, 4) is 0 Å². The smallest absolute Gasteiger partial charge is 0.317 e. The van der Waals surface area contributed by atoms with E-state index in [9.17, 15) is 9.59 Å². The zero-order chi connectivity index (χ0) is 13.8. The Bertz CT molecular complexity index is 340. The number of urea groups is 1. The Hall–Kier alpha value is -1.30. The molecular formula is C13H23N3O3. The Morgan fingerprint density at radius 3 is 2.42 bits per heavy atom. The zero-order valence-corrected chi connectivity index (χ0v) is 11.2. The van der Waals surface area contributed by atoms with E-state index in [1.165, 1.54) is 0 Å². The number of hydrogen-bond donors (Lipinski definition) is 3. The predicted molar refractivity (Wildman–Crippen MR) is 70.6 cm³/mol. The number of amides is 2. The summed E-state index contributed by atoms with van der Waals surface area (Å²) < 4.78 is 0. The topological polar surface area (TPSA) is 95.7 Å². The Morgan fingerprint density at radius 1 is 1.21 bits per heavy atom. The molecule has 2 aliphatic rings. The second kappa shape index (κ2) is 6.23. The minimum Gasteiger partial charge on any atom is -0.481 e. The van der Waals surface area contributed by atoms with Crippen molar-refractivity contribution in [2.24, 2.45) is 17.6 Å². The van der Waals surface area contributed by atoms with E-state index in [-0.39, 0.29) is 18.0 Å². The molecule has 6 nitrogen and oxygen atoms in total. The number of rotatable bonds is 3. The Kier molecular flexibility index (Phi) is 4.63. The molecule has 1 saturated carbocycles. The van der Waals surface area contributed by atoms with Gasteiger partial charge < -0.3 is 21.1 Å². The first-order valence-corrected chi connectivity index (χ1v) is 7.07. The molecule has 6 heteroatoms. The highest BCUT2D eigenvalue weighted by Gasteiger charge is 2.27. The van der Waals surface area contributed by atoms with E-state index in [1.807, 2.05) is 0 Å². The van der Waals surface area contributed by atoms with Gasteiger partial charge >= 0.3 is 12.0 Å². The molecule has 1 saturated heterocycles. The van der Waals surface area contributed by atoms with Gasteiger partial charge in [0.1, 0.15) is 0 Å². The van der Waals surface area contributed by atoms with E-state index in [1.54, 1.807) is 4.90 Å². The van der Waals surface area contributed by atoms with Gasteiger partial charge in [-0.3, -0.25) is 4.79 Å². The van der Waals surface area contributed by atoms with Crippen LogP contribution in [0.15, 0.2) is 0 Å². The van der Waals surface area contributed by atoms with Crippen LogP contribution in [0.3, 0.4) is 0 Å². The summed E-state index contributed by atoms with van der Waals surface area (Å²) in [6, 6.07) is 0.0741. The third-order valence-electron chi connectivity index (χ3n) is 4.25. The van der Waals surface area contributed by atoms with Crippen molar-refractivity contribution in [2.45, 2.75) is 38.1 Å². The predicted octanol–water partition coefficient (Wildman–Crippen LogP) is 0.620. The SMILES string of the molecule is NC1CCN(C(=O)NCC2CCC(C(=O)O)CC2)C1. The fourth-order valence-electron chi connectivity index (χ4n) is 2.93. The van der Waals surface area contributed by atoms with Gasteiger partial charge in [0.15, 0.2) is 0 Å². The molecule has 2 fully saturated rings. The van der Waals surface area contributed by atoms with Gasteiger partial charge in [0.05, 0.1) is 5.92 Å². The lowest BCUT2D eigenvalue weighted by Gasteiger charge is -2.27. The number of likely N-dealkylation sites (tertiary alicyclic amines) is 1. The van der Waals surface area contributed by atoms with Gasteiger partial charge in [-0.05, 0) is 38.0 Å². The lowest BCUT2D eigenvalue weighted by atomic mass is 9.82. The van der Waals surface area contributed by atoms with Crippen LogP contribution in [-0.2, 0) is 4.79 Å². The van der Waals surface area contributed by atoms with E-state index in [4.69, 9.17) is 10.8 Å². The van der Waals surface area contributed by atoms with Crippen molar-refractivity contribution in [1.29, 1.82) is 0 Å². The molecule has 0 radical (unpaired) electrons. The van der Waals surface area contributed by atoms with E-state index in [2.05, 4.69) is 5.32 Å². The number of hydrogen-bond acceptors (Lipinski definition) is 3. The molecular weight excluding hydrogens is 246 g/mol. The summed E-state index contributed by atoms with van der Waals surface area (Å²) in [5.74, 6) is -0.465. The standard InChI is InChI=1S/C13H23N3O3/c14-11-5-6-16(8-11)13(19)15-7-9-1-3-10(4-2-9)12(17)18/h9-11H,1-8,14H2,(H,15,19)(H,17,18). The maximum absolute atomic E-state index is 11.9. The molecule has 1 aliphatic heterocycles. The van der Waals surface area contributed by atoms with Gasteiger partial charge in [-0.15, -0.1) is 0 Å². The number of nitrogens with one attached hydrogen (secondary N) is 1. The third kappa shape index (κ3) is 3.83. The summed E-state index contributed by atoms with van der Waals surface area (Å²) in [4.78, 5) is 24.5. The summed E-state index contributed by atoms with van der Waals surface area (Å²) in [6.45, 7) is 2.02. The average molecular weight is 269 g/mol. The molecule has 1 aliphatic carbocycles. The van der Waals surface area contributed by atoms with Crippen molar-refractivity contribution < 1.29 is 14.7 Å². The summed E-state index contributed by atoms with van der Waals surface area (Å²) >= 11 is 0. The molecule has 1 unspecified atom stereocenters. The number of carboxylic acids is 1. The first-order chi connectivity index (χ1) is 9.06. The van der Waals surface area contributed by atoms with Crippen molar-refractivity contribution in [1.82, 2.24) is 10.2 Å². The van der Waals surface area contributed by atoms with Gasteiger partial charge in [-0.1, -0.05) is 0 Å². The lowest BCUT2D eigenvalue weighted by molar-refractivity contribution is -0.143. The molecule has 19 heavy (non-hydrogen) atoms. The van der Waals surface area contributed by atoms with Crippen LogP contribution in [0.4, 0.5) is 4.79 Å². The first kappa shape index (κ1) is 14.1. The van der Waals surface area contributed by atoms with E-state index in [0.717, 1.165) is 38.6 Å². The van der Waals surface area contributed by atoms with Crippen LogP contribution < -0.4 is 11.1 Å². The van der Waals surface area contributed by atoms with Crippen molar-refractivity contribution in [3.63, 3.8) is 0 Å². The second-order valence-electron chi connectivity index (χ2n) is 5.74. The number of carbonyl (C=O) groups is 2. The van der Waals surface area contributed by atoms with Crippen LogP contribution in [0, 0.1) is 11.8 Å². The number of nitrogens with zero attached hydrogens (tertiary/aromatic N) is 1. The van der Waals surface area contributed by atoms with Crippen LogP contribution in [0.5, 0.6) is 0 Å². The molecule has 0 aromatic carbocycles. The number of carbonyl (C=O) groups excluding carboxylic acids is 1. The molecule has 0 aromatic rings. The molecule has 2 rings (SSSR count). The minimum absolute atomic E-state index is 0.0340. The summed E-state index contributed by atoms with van der Waals surface area (Å²) in [5.41, 5.74) is 5.77. The number of nitrogens with two attached hydrogens (primary N) is 1. The normalized spacial score (nSPS) is 31.2. The fraction of sp³-hybridized carbons (Fsp3) is 0.846. The maximum atomic E-state index is 11.9. The van der Waals surface area contributed by atoms with E-state index >= 15 is 0 Å². The molecule has 0 aromatic heterocycles. The highest BCUT2D eigenvalue weighted by atomic mass is 16.4. The largest absolute Gasteiger partial charge is 0.481 e. The van der Waals surface area contributed by atoms with Crippen LogP contribution in [0.25, 0.3) is 0 Å². The molecule has 108 valence electrons. The van der Waals surface area contributed by atoms with E-state index in [0.29, 0.717) is 19.0 Å². The zero-order valence-electron chi connectivity index (χ0n) is 11.2. The van der Waals surface area contributed by atoms with Gasteiger partial charge in [0.2, 0.25) is 0 Å². The van der Waals surface area contributed by atoms with Crippen LogP contribution in [-0.4, -0.2) is 47.7 Å². The quantitative estimate of drug-likeness (QED) is 0.700. The summed E-state index contributed by atoms with van der Waals surface area (Å²) in [6.07, 6.45) is 4.10. The van der Waals surface area contributed by atoms with Crippen LogP contribution >= 0.6 is 0 Å². The molecule has 1 atom stereocenters. The monoisotopic (exact) mass is 269 g/mol. The second-order valence-corrected chi connectivity index (χ2v) is 5.74.